The standard InChI is InChI=1S/C17H22N2/c1-13-6-11-16(19(13)5)12-18-15-9-7-14(8-10-15)17(2,3)4/h6-12H,1-5H3. The zero-order chi connectivity index (χ0) is 14.0. The quantitative estimate of drug-likeness (QED) is 0.708. The van der Waals surface area contributed by atoms with Gasteiger partial charge in [-0.2, -0.15) is 0 Å². The Morgan fingerprint density at radius 3 is 2.11 bits per heavy atom. The van der Waals surface area contributed by atoms with Crippen LogP contribution < -0.4 is 0 Å². The molecule has 0 saturated carbocycles. The van der Waals surface area contributed by atoms with E-state index >= 15 is 0 Å². The lowest BCUT2D eigenvalue weighted by molar-refractivity contribution is 0.590. The molecule has 0 unspecified atom stereocenters. The van der Waals surface area contributed by atoms with Gasteiger partial charge in [0.05, 0.1) is 17.6 Å². The van der Waals surface area contributed by atoms with Gasteiger partial charge in [-0.15, -0.1) is 0 Å². The van der Waals surface area contributed by atoms with Crippen molar-refractivity contribution in [2.75, 3.05) is 0 Å². The number of aryl methyl sites for hydroxylation is 1. The molecule has 0 aliphatic carbocycles. The summed E-state index contributed by atoms with van der Waals surface area (Å²) in [7, 11) is 2.05. The minimum atomic E-state index is 0.192. The van der Waals surface area contributed by atoms with Crippen molar-refractivity contribution in [1.29, 1.82) is 0 Å². The molecule has 0 aliphatic rings. The highest BCUT2D eigenvalue weighted by atomic mass is 15.0. The van der Waals surface area contributed by atoms with Gasteiger partial charge in [0.1, 0.15) is 0 Å². The summed E-state index contributed by atoms with van der Waals surface area (Å²) in [6.45, 7) is 8.75. The number of aliphatic imine (C=N–C) groups is 1. The molecule has 0 amide bonds. The first-order valence-corrected chi connectivity index (χ1v) is 6.65. The summed E-state index contributed by atoms with van der Waals surface area (Å²) >= 11 is 0. The van der Waals surface area contributed by atoms with Gasteiger partial charge in [0, 0.05) is 12.7 Å². The fourth-order valence-corrected chi connectivity index (χ4v) is 1.95. The lowest BCUT2D eigenvalue weighted by Crippen LogP contribution is -2.10. The van der Waals surface area contributed by atoms with E-state index in [0.29, 0.717) is 0 Å². The molecule has 2 heteroatoms. The van der Waals surface area contributed by atoms with Gasteiger partial charge in [0.2, 0.25) is 0 Å². The van der Waals surface area contributed by atoms with Gasteiger partial charge in [-0.3, -0.25) is 4.99 Å². The first kappa shape index (κ1) is 13.6. The van der Waals surface area contributed by atoms with Gasteiger partial charge >= 0.3 is 0 Å². The highest BCUT2D eigenvalue weighted by Gasteiger charge is 2.12. The van der Waals surface area contributed by atoms with Crippen molar-refractivity contribution in [1.82, 2.24) is 4.57 Å². The topological polar surface area (TPSA) is 17.3 Å². The molecule has 0 aliphatic heterocycles. The van der Waals surface area contributed by atoms with Crippen LogP contribution in [0.1, 0.15) is 37.7 Å². The van der Waals surface area contributed by atoms with E-state index in [2.05, 4.69) is 80.7 Å². The van der Waals surface area contributed by atoms with Crippen molar-refractivity contribution in [2.45, 2.75) is 33.1 Å². The molecule has 100 valence electrons. The fraction of sp³-hybridized carbons (Fsp3) is 0.353. The average molecular weight is 254 g/mol. The SMILES string of the molecule is Cc1ccc(C=Nc2ccc(C(C)(C)C)cc2)n1C. The van der Waals surface area contributed by atoms with Crippen molar-refractivity contribution in [3.63, 3.8) is 0 Å². The van der Waals surface area contributed by atoms with Crippen molar-refractivity contribution in [3.8, 4) is 0 Å². The van der Waals surface area contributed by atoms with Crippen molar-refractivity contribution < 1.29 is 0 Å². The van der Waals surface area contributed by atoms with Crippen LogP contribution in [0.3, 0.4) is 0 Å². The molecule has 2 rings (SSSR count). The van der Waals surface area contributed by atoms with Crippen molar-refractivity contribution >= 4 is 11.9 Å². The summed E-state index contributed by atoms with van der Waals surface area (Å²) in [5, 5.41) is 0. The maximum Gasteiger partial charge on any atom is 0.0630 e. The van der Waals surface area contributed by atoms with Crippen LogP contribution in [0.5, 0.6) is 0 Å². The summed E-state index contributed by atoms with van der Waals surface area (Å²) in [6.07, 6.45) is 1.92. The Kier molecular flexibility index (Phi) is 3.61. The predicted molar refractivity (Wildman–Crippen MR) is 82.5 cm³/mol. The maximum absolute atomic E-state index is 4.53. The van der Waals surface area contributed by atoms with Gasteiger partial charge in [0.15, 0.2) is 0 Å². The fourth-order valence-electron chi connectivity index (χ4n) is 1.95. The highest BCUT2D eigenvalue weighted by Crippen LogP contribution is 2.24. The second-order valence-electron chi connectivity index (χ2n) is 6.01. The van der Waals surface area contributed by atoms with Crippen LogP contribution in [0.25, 0.3) is 0 Å². The van der Waals surface area contributed by atoms with Gasteiger partial charge < -0.3 is 4.57 Å². The van der Waals surface area contributed by atoms with E-state index in [-0.39, 0.29) is 5.41 Å². The molecular formula is C17H22N2. The zero-order valence-electron chi connectivity index (χ0n) is 12.4. The van der Waals surface area contributed by atoms with Crippen LogP contribution in [0.2, 0.25) is 0 Å². The molecule has 0 spiro atoms. The summed E-state index contributed by atoms with van der Waals surface area (Å²) in [5.74, 6) is 0. The van der Waals surface area contributed by atoms with Gasteiger partial charge in [0.25, 0.3) is 0 Å². The Balaban J connectivity index is 2.18. The molecule has 2 nitrogen and oxygen atoms in total. The summed E-state index contributed by atoms with van der Waals surface area (Å²) in [5.41, 5.74) is 4.88. The van der Waals surface area contributed by atoms with E-state index in [0.717, 1.165) is 11.4 Å². The molecule has 0 bridgehead atoms. The molecule has 0 atom stereocenters. The minimum absolute atomic E-state index is 0.192. The van der Waals surface area contributed by atoms with Crippen LogP contribution in [-0.4, -0.2) is 10.8 Å². The second-order valence-corrected chi connectivity index (χ2v) is 6.01. The van der Waals surface area contributed by atoms with E-state index in [4.69, 9.17) is 0 Å². The van der Waals surface area contributed by atoms with Gasteiger partial charge in [-0.05, 0) is 42.2 Å². The number of rotatable bonds is 2. The van der Waals surface area contributed by atoms with E-state index in [1.165, 1.54) is 11.3 Å². The molecule has 0 N–H and O–H groups in total. The number of aromatic nitrogens is 1. The molecular weight excluding hydrogens is 232 g/mol. The van der Waals surface area contributed by atoms with Gasteiger partial charge in [-0.25, -0.2) is 0 Å². The Morgan fingerprint density at radius 2 is 1.63 bits per heavy atom. The number of hydrogen-bond donors (Lipinski definition) is 0. The third-order valence-corrected chi connectivity index (χ3v) is 3.49. The van der Waals surface area contributed by atoms with Crippen molar-refractivity contribution in [2.24, 2.45) is 12.0 Å². The maximum atomic E-state index is 4.53. The Bertz CT molecular complexity index is 581. The molecule has 1 aromatic carbocycles. The zero-order valence-corrected chi connectivity index (χ0v) is 12.4. The minimum Gasteiger partial charge on any atom is -0.347 e. The van der Waals surface area contributed by atoms with Gasteiger partial charge in [-0.1, -0.05) is 32.9 Å². The molecule has 1 heterocycles. The Hall–Kier alpha value is -1.83. The number of nitrogens with zero attached hydrogens (tertiary/aromatic N) is 2. The van der Waals surface area contributed by atoms with E-state index in [9.17, 15) is 0 Å². The predicted octanol–water partition coefficient (Wildman–Crippen LogP) is 4.38. The second kappa shape index (κ2) is 5.04. The summed E-state index contributed by atoms with van der Waals surface area (Å²) < 4.78 is 2.13. The normalized spacial score (nSPS) is 12.3. The molecule has 0 saturated heterocycles. The monoisotopic (exact) mass is 254 g/mol. The largest absolute Gasteiger partial charge is 0.347 e. The van der Waals surface area contributed by atoms with Crippen LogP contribution in [-0.2, 0) is 12.5 Å². The van der Waals surface area contributed by atoms with Crippen LogP contribution >= 0.6 is 0 Å². The van der Waals surface area contributed by atoms with E-state index in [1.54, 1.807) is 0 Å². The number of benzene rings is 1. The van der Waals surface area contributed by atoms with Crippen LogP contribution in [0.15, 0.2) is 41.4 Å². The third-order valence-electron chi connectivity index (χ3n) is 3.49. The number of hydrogen-bond acceptors (Lipinski definition) is 1. The molecule has 0 radical (unpaired) electrons. The smallest absolute Gasteiger partial charge is 0.0630 e. The van der Waals surface area contributed by atoms with E-state index in [1.807, 2.05) is 6.21 Å². The van der Waals surface area contributed by atoms with Crippen LogP contribution in [0, 0.1) is 6.92 Å². The highest BCUT2D eigenvalue weighted by molar-refractivity contribution is 5.80. The summed E-state index contributed by atoms with van der Waals surface area (Å²) in [6, 6.07) is 12.7. The van der Waals surface area contributed by atoms with Crippen LogP contribution in [0.4, 0.5) is 5.69 Å². The molecule has 1 aromatic heterocycles. The van der Waals surface area contributed by atoms with Crippen molar-refractivity contribution in [3.05, 3.63) is 53.3 Å². The van der Waals surface area contributed by atoms with E-state index < -0.39 is 0 Å². The lowest BCUT2D eigenvalue weighted by Gasteiger charge is -2.18. The summed E-state index contributed by atoms with van der Waals surface area (Å²) in [4.78, 5) is 4.53. The lowest BCUT2D eigenvalue weighted by atomic mass is 9.87. The Morgan fingerprint density at radius 1 is 1.00 bits per heavy atom. The molecule has 2 aromatic rings. The third kappa shape index (κ3) is 3.14. The first-order valence-electron chi connectivity index (χ1n) is 6.65. The average Bonchev–Trinajstić information content (AvgIpc) is 2.67. The molecule has 19 heavy (non-hydrogen) atoms. The molecule has 0 fully saturated rings. The Labute approximate surface area is 115 Å². The first-order chi connectivity index (χ1) is 8.88.